The zero-order valence-electron chi connectivity index (χ0n) is 12.8. The first-order valence-electron chi connectivity index (χ1n) is 8.54. The SMILES string of the molecule is O=C(NC1CC2CCCC(C1)N2C1CC1)c1cccc(F)c1. The van der Waals surface area contributed by atoms with Gasteiger partial charge in [-0.05, 0) is 56.7 Å². The van der Waals surface area contributed by atoms with Crippen molar-refractivity contribution >= 4 is 5.91 Å². The molecule has 22 heavy (non-hydrogen) atoms. The molecule has 3 fully saturated rings. The lowest BCUT2D eigenvalue weighted by molar-refractivity contribution is 0.0175. The number of rotatable bonds is 3. The van der Waals surface area contributed by atoms with Crippen molar-refractivity contribution in [3.05, 3.63) is 35.6 Å². The van der Waals surface area contributed by atoms with Crippen LogP contribution in [-0.2, 0) is 0 Å². The van der Waals surface area contributed by atoms with Crippen LogP contribution in [0.25, 0.3) is 0 Å². The molecule has 3 nitrogen and oxygen atoms in total. The molecule has 4 rings (SSSR count). The van der Waals surface area contributed by atoms with Gasteiger partial charge in [0.25, 0.3) is 5.91 Å². The summed E-state index contributed by atoms with van der Waals surface area (Å²) in [5.41, 5.74) is 0.426. The Morgan fingerprint density at radius 3 is 2.45 bits per heavy atom. The van der Waals surface area contributed by atoms with Crippen LogP contribution in [-0.4, -0.2) is 35.0 Å². The summed E-state index contributed by atoms with van der Waals surface area (Å²) in [6.07, 6.45) is 8.66. The van der Waals surface area contributed by atoms with Crippen molar-refractivity contribution in [3.63, 3.8) is 0 Å². The molecule has 1 saturated carbocycles. The number of carbonyl (C=O) groups is 1. The van der Waals surface area contributed by atoms with Crippen molar-refractivity contribution in [2.75, 3.05) is 0 Å². The molecule has 1 aliphatic carbocycles. The van der Waals surface area contributed by atoms with Crippen LogP contribution >= 0.6 is 0 Å². The average Bonchev–Trinajstić information content (AvgIpc) is 3.31. The van der Waals surface area contributed by atoms with Gasteiger partial charge in [-0.3, -0.25) is 9.69 Å². The predicted octanol–water partition coefficient (Wildman–Crippen LogP) is 3.10. The van der Waals surface area contributed by atoms with Gasteiger partial charge in [0.15, 0.2) is 0 Å². The Hall–Kier alpha value is -1.42. The number of piperidine rings is 2. The van der Waals surface area contributed by atoms with E-state index in [4.69, 9.17) is 0 Å². The molecule has 2 aliphatic heterocycles. The van der Waals surface area contributed by atoms with Gasteiger partial charge in [0.1, 0.15) is 5.82 Å². The molecule has 0 spiro atoms. The van der Waals surface area contributed by atoms with Gasteiger partial charge in [-0.25, -0.2) is 4.39 Å². The Bertz CT molecular complexity index is 558. The van der Waals surface area contributed by atoms with E-state index in [1.54, 1.807) is 12.1 Å². The number of halogens is 1. The third kappa shape index (κ3) is 2.76. The minimum absolute atomic E-state index is 0.137. The third-order valence-corrected chi connectivity index (χ3v) is 5.42. The number of nitrogens with zero attached hydrogens (tertiary/aromatic N) is 1. The summed E-state index contributed by atoms with van der Waals surface area (Å²) in [6.45, 7) is 0. The standard InChI is InChI=1S/C18H23FN2O/c19-13-4-1-3-12(9-13)18(22)20-14-10-16-5-2-6-17(11-14)21(16)15-7-8-15/h1,3-4,9,14-17H,2,5-8,10-11H2,(H,20,22). The molecular formula is C18H23FN2O. The summed E-state index contributed by atoms with van der Waals surface area (Å²) >= 11 is 0. The van der Waals surface area contributed by atoms with Crippen LogP contribution in [0.5, 0.6) is 0 Å². The molecule has 4 heteroatoms. The van der Waals surface area contributed by atoms with Gasteiger partial charge in [0, 0.05) is 29.7 Å². The van der Waals surface area contributed by atoms with E-state index < -0.39 is 0 Å². The number of hydrogen-bond donors (Lipinski definition) is 1. The smallest absolute Gasteiger partial charge is 0.251 e. The Labute approximate surface area is 130 Å². The van der Waals surface area contributed by atoms with Crippen LogP contribution in [0.1, 0.15) is 55.3 Å². The van der Waals surface area contributed by atoms with Crippen molar-refractivity contribution < 1.29 is 9.18 Å². The second-order valence-corrected chi connectivity index (χ2v) is 7.07. The molecule has 2 heterocycles. The molecule has 1 amide bonds. The van der Waals surface area contributed by atoms with E-state index in [1.165, 1.54) is 44.2 Å². The molecule has 1 aromatic carbocycles. The number of carbonyl (C=O) groups excluding carboxylic acids is 1. The van der Waals surface area contributed by atoms with Crippen molar-refractivity contribution in [2.45, 2.75) is 69.1 Å². The van der Waals surface area contributed by atoms with E-state index in [-0.39, 0.29) is 17.8 Å². The molecule has 0 radical (unpaired) electrons. The largest absolute Gasteiger partial charge is 0.349 e. The topological polar surface area (TPSA) is 32.3 Å². The highest BCUT2D eigenvalue weighted by atomic mass is 19.1. The van der Waals surface area contributed by atoms with E-state index in [1.807, 2.05) is 0 Å². The number of nitrogens with one attached hydrogen (secondary N) is 1. The molecule has 1 aromatic rings. The first-order valence-corrected chi connectivity index (χ1v) is 8.54. The predicted molar refractivity (Wildman–Crippen MR) is 83.2 cm³/mol. The van der Waals surface area contributed by atoms with Gasteiger partial charge in [-0.1, -0.05) is 12.5 Å². The maximum absolute atomic E-state index is 13.3. The van der Waals surface area contributed by atoms with Crippen LogP contribution in [0.15, 0.2) is 24.3 Å². The van der Waals surface area contributed by atoms with Crippen LogP contribution in [0, 0.1) is 5.82 Å². The fraction of sp³-hybridized carbons (Fsp3) is 0.611. The summed E-state index contributed by atoms with van der Waals surface area (Å²) in [5, 5.41) is 3.14. The molecule has 2 atom stereocenters. The monoisotopic (exact) mass is 302 g/mol. The summed E-state index contributed by atoms with van der Waals surface area (Å²) in [6, 6.07) is 8.28. The second-order valence-electron chi connectivity index (χ2n) is 7.07. The maximum atomic E-state index is 13.3. The molecule has 2 saturated heterocycles. The fourth-order valence-electron chi connectivity index (χ4n) is 4.40. The van der Waals surface area contributed by atoms with Gasteiger partial charge in [-0.2, -0.15) is 0 Å². The third-order valence-electron chi connectivity index (χ3n) is 5.42. The summed E-state index contributed by atoms with van der Waals surface area (Å²) in [5.74, 6) is -0.490. The van der Waals surface area contributed by atoms with Crippen molar-refractivity contribution in [3.8, 4) is 0 Å². The Kier molecular flexibility index (Phi) is 3.65. The van der Waals surface area contributed by atoms with E-state index in [0.717, 1.165) is 18.9 Å². The van der Waals surface area contributed by atoms with Gasteiger partial charge < -0.3 is 5.32 Å². The minimum atomic E-state index is -0.354. The van der Waals surface area contributed by atoms with Gasteiger partial charge in [0.2, 0.25) is 0 Å². The molecule has 2 unspecified atom stereocenters. The maximum Gasteiger partial charge on any atom is 0.251 e. The summed E-state index contributed by atoms with van der Waals surface area (Å²) in [4.78, 5) is 15.1. The fourth-order valence-corrected chi connectivity index (χ4v) is 4.40. The minimum Gasteiger partial charge on any atom is -0.349 e. The van der Waals surface area contributed by atoms with Crippen molar-refractivity contribution in [1.29, 1.82) is 0 Å². The second kappa shape index (κ2) is 5.65. The van der Waals surface area contributed by atoms with E-state index >= 15 is 0 Å². The Morgan fingerprint density at radius 1 is 1.09 bits per heavy atom. The lowest BCUT2D eigenvalue weighted by atomic mass is 9.81. The highest BCUT2D eigenvalue weighted by Crippen LogP contribution is 2.41. The molecular weight excluding hydrogens is 279 g/mol. The van der Waals surface area contributed by atoms with E-state index in [2.05, 4.69) is 10.2 Å². The molecule has 1 N–H and O–H groups in total. The first-order chi connectivity index (χ1) is 10.7. The zero-order valence-corrected chi connectivity index (χ0v) is 12.8. The van der Waals surface area contributed by atoms with Gasteiger partial charge >= 0.3 is 0 Å². The Balaban J connectivity index is 1.43. The van der Waals surface area contributed by atoms with Crippen LogP contribution < -0.4 is 5.32 Å². The van der Waals surface area contributed by atoms with Crippen LogP contribution in [0.4, 0.5) is 4.39 Å². The lowest BCUT2D eigenvalue weighted by Gasteiger charge is -2.49. The quantitative estimate of drug-likeness (QED) is 0.930. The summed E-state index contributed by atoms with van der Waals surface area (Å²) in [7, 11) is 0. The molecule has 0 aromatic heterocycles. The van der Waals surface area contributed by atoms with Crippen molar-refractivity contribution in [2.24, 2.45) is 0 Å². The highest BCUT2D eigenvalue weighted by Gasteiger charge is 2.45. The van der Waals surface area contributed by atoms with Crippen LogP contribution in [0.2, 0.25) is 0 Å². The number of hydrogen-bond acceptors (Lipinski definition) is 2. The van der Waals surface area contributed by atoms with Crippen molar-refractivity contribution in [1.82, 2.24) is 10.2 Å². The first kappa shape index (κ1) is 14.2. The zero-order chi connectivity index (χ0) is 15.1. The molecule has 118 valence electrons. The van der Waals surface area contributed by atoms with Gasteiger partial charge in [-0.15, -0.1) is 0 Å². The number of amides is 1. The van der Waals surface area contributed by atoms with E-state index in [0.29, 0.717) is 17.6 Å². The number of fused-ring (bicyclic) bond motifs is 2. The molecule has 3 aliphatic rings. The molecule has 2 bridgehead atoms. The van der Waals surface area contributed by atoms with E-state index in [9.17, 15) is 9.18 Å². The normalized spacial score (nSPS) is 31.8. The number of benzene rings is 1. The summed E-state index contributed by atoms with van der Waals surface area (Å²) < 4.78 is 13.3. The van der Waals surface area contributed by atoms with Gasteiger partial charge in [0.05, 0.1) is 0 Å². The average molecular weight is 302 g/mol. The highest BCUT2D eigenvalue weighted by molar-refractivity contribution is 5.94. The van der Waals surface area contributed by atoms with Crippen LogP contribution in [0.3, 0.4) is 0 Å². The Morgan fingerprint density at radius 2 is 1.82 bits per heavy atom. The lowest BCUT2D eigenvalue weighted by Crippen LogP contribution is -2.57.